The van der Waals surface area contributed by atoms with E-state index in [9.17, 15) is 23.1 Å². The molecule has 0 atom stereocenters. The van der Waals surface area contributed by atoms with E-state index in [1.54, 1.807) is 12.1 Å². The number of aromatic nitrogens is 1. The van der Waals surface area contributed by atoms with Crippen LogP contribution in [0.4, 0.5) is 13.2 Å². The number of carbonyl (C=O) groups excluding carboxylic acids is 1. The predicted octanol–water partition coefficient (Wildman–Crippen LogP) is 13.2. The maximum Gasteiger partial charge on any atom is 0.418 e. The Balaban J connectivity index is 0.000000389. The van der Waals surface area contributed by atoms with Crippen LogP contribution in [-0.4, -0.2) is 15.9 Å². The zero-order chi connectivity index (χ0) is 37.7. The Hall–Kier alpha value is -3.74. The zero-order valence-corrected chi connectivity index (χ0v) is 34.1. The van der Waals surface area contributed by atoms with Gasteiger partial charge in [0.15, 0.2) is 5.78 Å². The van der Waals surface area contributed by atoms with Crippen LogP contribution in [0.2, 0.25) is 0 Å². The molecule has 0 saturated heterocycles. The molecule has 1 N–H and O–H groups in total. The number of allylic oxidation sites excluding steroid dienone is 2. The Morgan fingerprint density at radius 3 is 2.08 bits per heavy atom. The largest absolute Gasteiger partial charge is 0.512 e. The first kappa shape index (κ1) is 42.7. The number of aliphatic hydroxyl groups excluding tert-OH is 1. The van der Waals surface area contributed by atoms with Crippen molar-refractivity contribution < 1.29 is 47.6 Å². The normalized spacial score (nSPS) is 12.3. The number of carbonyl (C=O) groups is 1. The number of nitrogens with zero attached hydrogens (tertiary/aromatic N) is 1. The number of rotatable bonds is 10. The predicted molar refractivity (Wildman–Crippen MR) is 203 cm³/mol. The average molecular weight is 891 g/mol. The molecule has 0 bridgehead atoms. The first-order chi connectivity index (χ1) is 24.0. The minimum atomic E-state index is -4.54. The number of ketones is 1. The SMILES string of the molecule is CCC(CC)C(=O)/C=C(\O)C(CC)CC.Cc1oc2c(-c3cc(-c4ccc(CC(C)(C)C)cc4)c(C(F)(F)F)cn3)[c-]c3ccccc3c2c1C.[Ir]. The van der Waals surface area contributed by atoms with Crippen molar-refractivity contribution in [3.63, 3.8) is 0 Å². The summed E-state index contributed by atoms with van der Waals surface area (Å²) >= 11 is 0. The molecule has 0 spiro atoms. The third kappa shape index (κ3) is 10.0. The standard InChI is InChI=1S/C31H27F3NO.C13H24O2.Ir/c1-18-19(2)36-29-25(14-22-8-6-7-9-23(22)28(18)29)27-15-24(26(17-35-27)31(32,33)34)21-12-10-20(11-13-21)16-30(3,4)5;1-5-10(6-2)12(14)9-13(15)11(7-3)8-4;/h6-13,15,17H,16H2,1-5H3;9-11,14H,5-8H2,1-4H3;/q-1;;/b;12-9-;. The summed E-state index contributed by atoms with van der Waals surface area (Å²) in [6.07, 6.45) is 2.13. The number of hydrogen-bond donors (Lipinski definition) is 1. The molecule has 281 valence electrons. The van der Waals surface area contributed by atoms with Crippen LogP contribution in [0.5, 0.6) is 0 Å². The molecular weight excluding hydrogens is 840 g/mol. The number of halogens is 3. The fourth-order valence-corrected chi connectivity index (χ4v) is 6.56. The molecule has 5 aromatic rings. The van der Waals surface area contributed by atoms with Gasteiger partial charge in [-0.25, -0.2) is 0 Å². The second-order valence-corrected chi connectivity index (χ2v) is 14.6. The molecule has 0 aliphatic rings. The van der Waals surface area contributed by atoms with Gasteiger partial charge < -0.3 is 9.52 Å². The van der Waals surface area contributed by atoms with Crippen LogP contribution in [0.1, 0.15) is 96.6 Å². The molecule has 2 heterocycles. The molecule has 8 heteroatoms. The van der Waals surface area contributed by atoms with Gasteiger partial charge in [-0.1, -0.05) is 108 Å². The van der Waals surface area contributed by atoms with Crippen LogP contribution < -0.4 is 0 Å². The Kier molecular flexibility index (Phi) is 14.7. The summed E-state index contributed by atoms with van der Waals surface area (Å²) < 4.78 is 48.2. The van der Waals surface area contributed by atoms with E-state index in [0.717, 1.165) is 71.3 Å². The molecule has 0 aliphatic carbocycles. The number of hydrogen-bond acceptors (Lipinski definition) is 4. The van der Waals surface area contributed by atoms with Crippen molar-refractivity contribution in [3.8, 4) is 22.4 Å². The van der Waals surface area contributed by atoms with Crippen LogP contribution in [0.3, 0.4) is 0 Å². The van der Waals surface area contributed by atoms with Gasteiger partial charge in [-0.15, -0.1) is 17.5 Å². The summed E-state index contributed by atoms with van der Waals surface area (Å²) in [5.41, 5.74) is 3.51. The van der Waals surface area contributed by atoms with Crippen LogP contribution in [0.15, 0.2) is 77.0 Å². The van der Waals surface area contributed by atoms with Crippen LogP contribution in [-0.2, 0) is 37.5 Å². The molecule has 3 aromatic carbocycles. The summed E-state index contributed by atoms with van der Waals surface area (Å²) in [5, 5.41) is 12.5. The minimum Gasteiger partial charge on any atom is -0.512 e. The quantitative estimate of drug-likeness (QED) is 0.0862. The molecule has 1 radical (unpaired) electrons. The molecule has 4 nitrogen and oxygen atoms in total. The second kappa shape index (κ2) is 17.9. The van der Waals surface area contributed by atoms with Gasteiger partial charge in [-0.3, -0.25) is 9.78 Å². The Bertz CT molecular complexity index is 1990. The average Bonchev–Trinajstić information content (AvgIpc) is 3.38. The molecule has 0 unspecified atom stereocenters. The van der Waals surface area contributed by atoms with Crippen molar-refractivity contribution in [1.82, 2.24) is 4.98 Å². The summed E-state index contributed by atoms with van der Waals surface area (Å²) in [6.45, 7) is 18.4. The van der Waals surface area contributed by atoms with Gasteiger partial charge in [0, 0.05) is 49.9 Å². The van der Waals surface area contributed by atoms with E-state index in [2.05, 4.69) is 31.8 Å². The summed E-state index contributed by atoms with van der Waals surface area (Å²) in [6, 6.07) is 20.0. The van der Waals surface area contributed by atoms with E-state index in [-0.39, 0.29) is 54.5 Å². The Morgan fingerprint density at radius 1 is 0.923 bits per heavy atom. The van der Waals surface area contributed by atoms with Crippen LogP contribution >= 0.6 is 0 Å². The molecule has 0 fully saturated rings. The monoisotopic (exact) mass is 891 g/mol. The third-order valence-electron chi connectivity index (χ3n) is 9.62. The zero-order valence-electron chi connectivity index (χ0n) is 31.7. The molecule has 0 saturated carbocycles. The van der Waals surface area contributed by atoms with Gasteiger partial charge in [0.2, 0.25) is 0 Å². The number of furan rings is 1. The number of pyridine rings is 1. The van der Waals surface area contributed by atoms with E-state index < -0.39 is 11.7 Å². The Morgan fingerprint density at radius 2 is 1.52 bits per heavy atom. The maximum absolute atomic E-state index is 14.0. The van der Waals surface area contributed by atoms with Gasteiger partial charge in [-0.2, -0.15) is 13.2 Å². The number of benzene rings is 3. The van der Waals surface area contributed by atoms with Crippen molar-refractivity contribution >= 4 is 27.5 Å². The molecule has 2 aromatic heterocycles. The summed E-state index contributed by atoms with van der Waals surface area (Å²) in [5.74, 6) is 1.31. The van der Waals surface area contributed by atoms with Crippen molar-refractivity contribution in [2.24, 2.45) is 17.3 Å². The number of fused-ring (bicyclic) bond motifs is 3. The van der Waals surface area contributed by atoms with Crippen LogP contribution in [0, 0.1) is 37.2 Å². The number of alkyl halides is 3. The fourth-order valence-electron chi connectivity index (χ4n) is 6.56. The van der Waals surface area contributed by atoms with Gasteiger partial charge in [-0.05, 0) is 79.0 Å². The van der Waals surface area contributed by atoms with Crippen molar-refractivity contribution in [3.05, 3.63) is 101 Å². The minimum absolute atomic E-state index is 0. The number of aryl methyl sites for hydroxylation is 2. The Labute approximate surface area is 320 Å². The van der Waals surface area contributed by atoms with Gasteiger partial charge in [0.1, 0.15) is 0 Å². The first-order valence-corrected chi connectivity index (χ1v) is 18.0. The molecule has 0 amide bonds. The summed E-state index contributed by atoms with van der Waals surface area (Å²) in [7, 11) is 0. The third-order valence-corrected chi connectivity index (χ3v) is 9.62. The number of aliphatic hydroxyl groups is 1. The summed E-state index contributed by atoms with van der Waals surface area (Å²) in [4.78, 5) is 16.0. The molecule has 0 aliphatic heterocycles. The maximum atomic E-state index is 14.0. The molecular formula is C44H51F3IrNO3-. The van der Waals surface area contributed by atoms with E-state index in [4.69, 9.17) is 4.42 Å². The van der Waals surface area contributed by atoms with Crippen molar-refractivity contribution in [1.29, 1.82) is 0 Å². The van der Waals surface area contributed by atoms with Crippen molar-refractivity contribution in [2.45, 2.75) is 101 Å². The molecule has 52 heavy (non-hydrogen) atoms. The van der Waals surface area contributed by atoms with E-state index in [0.29, 0.717) is 22.4 Å². The van der Waals surface area contributed by atoms with Crippen LogP contribution in [0.25, 0.3) is 44.1 Å². The van der Waals surface area contributed by atoms with Crippen molar-refractivity contribution in [2.75, 3.05) is 0 Å². The first-order valence-electron chi connectivity index (χ1n) is 18.0. The smallest absolute Gasteiger partial charge is 0.418 e. The van der Waals surface area contributed by atoms with E-state index in [1.807, 2.05) is 77.9 Å². The topological polar surface area (TPSA) is 63.3 Å². The fraction of sp³-hybridized carbons (Fsp3) is 0.409. The van der Waals surface area contributed by atoms with Gasteiger partial charge in [0.25, 0.3) is 0 Å². The van der Waals surface area contributed by atoms with Gasteiger partial charge >= 0.3 is 6.18 Å². The second-order valence-electron chi connectivity index (χ2n) is 14.6. The van der Waals surface area contributed by atoms with E-state index in [1.165, 1.54) is 12.1 Å². The molecule has 5 rings (SSSR count). The van der Waals surface area contributed by atoms with E-state index >= 15 is 0 Å². The van der Waals surface area contributed by atoms with Gasteiger partial charge in [0.05, 0.1) is 22.7 Å².